The van der Waals surface area contributed by atoms with Crippen LogP contribution < -0.4 is 10.6 Å². The Morgan fingerprint density at radius 1 is 1.14 bits per heavy atom. The minimum absolute atomic E-state index is 0.00536. The number of nitrogens with one attached hydrogen (secondary N) is 2. The van der Waals surface area contributed by atoms with E-state index in [-0.39, 0.29) is 24.9 Å². The van der Waals surface area contributed by atoms with Gasteiger partial charge in [-0.2, -0.15) is 11.8 Å². The van der Waals surface area contributed by atoms with Gasteiger partial charge in [-0.15, -0.1) is 0 Å². The maximum Gasteiger partial charge on any atom is 0.324 e. The smallest absolute Gasteiger partial charge is 0.324 e. The van der Waals surface area contributed by atoms with Gasteiger partial charge in [0.25, 0.3) is 5.91 Å². The largest absolute Gasteiger partial charge is 0.351 e. The van der Waals surface area contributed by atoms with E-state index in [2.05, 4.69) is 41.8 Å². The Hall–Kier alpha value is -2.80. The first-order valence-corrected chi connectivity index (χ1v) is 10.3. The van der Waals surface area contributed by atoms with Crippen molar-refractivity contribution < 1.29 is 14.4 Å². The molecule has 0 aromatic heterocycles. The average molecular weight is 398 g/mol. The summed E-state index contributed by atoms with van der Waals surface area (Å²) in [5, 5.41) is 5.41. The van der Waals surface area contributed by atoms with Crippen molar-refractivity contribution in [3.05, 3.63) is 70.8 Å². The monoisotopic (exact) mass is 397 g/mol. The van der Waals surface area contributed by atoms with E-state index >= 15 is 0 Å². The van der Waals surface area contributed by atoms with Crippen LogP contribution in [0.15, 0.2) is 48.5 Å². The number of urea groups is 1. The van der Waals surface area contributed by atoms with E-state index in [1.807, 2.05) is 0 Å². The third-order valence-corrected chi connectivity index (χ3v) is 5.48. The fourth-order valence-corrected chi connectivity index (χ4v) is 3.69. The predicted molar refractivity (Wildman–Crippen MR) is 110 cm³/mol. The van der Waals surface area contributed by atoms with Gasteiger partial charge in [-0.1, -0.05) is 48.0 Å². The molecule has 1 aliphatic heterocycles. The molecule has 4 amide bonds. The molecule has 0 unspecified atom stereocenters. The lowest BCUT2D eigenvalue weighted by atomic mass is 10.1. The number of hydrogen-bond acceptors (Lipinski definition) is 4. The Kier molecular flexibility index (Phi) is 6.71. The van der Waals surface area contributed by atoms with E-state index in [4.69, 9.17) is 0 Å². The quantitative estimate of drug-likeness (QED) is 0.530. The molecule has 0 bridgehead atoms. The highest BCUT2D eigenvalue weighted by atomic mass is 32.2. The number of imide groups is 1. The van der Waals surface area contributed by atoms with Crippen molar-refractivity contribution in [3.8, 4) is 0 Å². The van der Waals surface area contributed by atoms with Crippen molar-refractivity contribution >= 4 is 29.6 Å². The van der Waals surface area contributed by atoms with Crippen LogP contribution in [0.25, 0.3) is 0 Å². The normalized spacial score (nSPS) is 13.5. The van der Waals surface area contributed by atoms with Gasteiger partial charge in [0.05, 0.1) is 13.1 Å². The summed E-state index contributed by atoms with van der Waals surface area (Å²) in [5.74, 6) is 1.22. The average Bonchev–Trinajstić information content (AvgIpc) is 3.01. The molecule has 2 aromatic rings. The second-order valence-corrected chi connectivity index (χ2v) is 7.69. The van der Waals surface area contributed by atoms with Gasteiger partial charge >= 0.3 is 6.03 Å². The molecule has 7 heteroatoms. The molecule has 0 spiro atoms. The molecule has 2 aromatic carbocycles. The molecule has 6 nitrogen and oxygen atoms in total. The molecule has 28 heavy (non-hydrogen) atoms. The molecule has 0 saturated carbocycles. The van der Waals surface area contributed by atoms with Crippen molar-refractivity contribution in [3.63, 3.8) is 0 Å². The van der Waals surface area contributed by atoms with Gasteiger partial charge in [0.1, 0.15) is 0 Å². The fourth-order valence-electron chi connectivity index (χ4n) is 2.87. The summed E-state index contributed by atoms with van der Waals surface area (Å²) in [6.45, 7) is 2.71. The van der Waals surface area contributed by atoms with Crippen molar-refractivity contribution in [2.24, 2.45) is 0 Å². The van der Waals surface area contributed by atoms with Gasteiger partial charge in [-0.05, 0) is 24.1 Å². The number of carbonyl (C=O) groups excluding carboxylic acids is 3. The van der Waals surface area contributed by atoms with Crippen LogP contribution in [-0.4, -0.2) is 41.6 Å². The zero-order chi connectivity index (χ0) is 19.9. The first-order chi connectivity index (χ1) is 13.5. The zero-order valence-corrected chi connectivity index (χ0v) is 16.6. The minimum Gasteiger partial charge on any atom is -0.351 e. The maximum absolute atomic E-state index is 12.5. The van der Waals surface area contributed by atoms with E-state index in [1.54, 1.807) is 36.0 Å². The first-order valence-electron chi connectivity index (χ1n) is 9.12. The third-order valence-electron chi connectivity index (χ3n) is 4.45. The van der Waals surface area contributed by atoms with Gasteiger partial charge in [0.15, 0.2) is 0 Å². The van der Waals surface area contributed by atoms with Crippen molar-refractivity contribution in [1.82, 2.24) is 15.5 Å². The van der Waals surface area contributed by atoms with E-state index in [0.29, 0.717) is 17.7 Å². The van der Waals surface area contributed by atoms with Crippen LogP contribution in [0.3, 0.4) is 0 Å². The Morgan fingerprint density at radius 2 is 1.89 bits per heavy atom. The summed E-state index contributed by atoms with van der Waals surface area (Å²) in [5.41, 5.74) is 3.64. The number of benzene rings is 2. The van der Waals surface area contributed by atoms with Crippen LogP contribution in [0.4, 0.5) is 4.79 Å². The summed E-state index contributed by atoms with van der Waals surface area (Å²) in [4.78, 5) is 37.2. The lowest BCUT2D eigenvalue weighted by Gasteiger charge is -2.15. The molecule has 1 aliphatic rings. The number of amides is 4. The van der Waals surface area contributed by atoms with Crippen LogP contribution in [0.2, 0.25) is 0 Å². The van der Waals surface area contributed by atoms with Crippen molar-refractivity contribution in [2.45, 2.75) is 19.2 Å². The van der Waals surface area contributed by atoms with Crippen LogP contribution >= 0.6 is 11.8 Å². The molecular weight excluding hydrogens is 374 g/mol. The Bertz CT molecular complexity index is 851. The molecule has 146 valence electrons. The molecule has 0 radical (unpaired) electrons. The number of carbonyl (C=O) groups is 3. The summed E-state index contributed by atoms with van der Waals surface area (Å²) in [7, 11) is 0. The highest BCUT2D eigenvalue weighted by molar-refractivity contribution is 7.98. The zero-order valence-electron chi connectivity index (χ0n) is 15.7. The second-order valence-electron chi connectivity index (χ2n) is 6.59. The minimum atomic E-state index is -0.423. The van der Waals surface area contributed by atoms with E-state index < -0.39 is 6.03 Å². The lowest BCUT2D eigenvalue weighted by molar-refractivity contribution is -0.125. The number of rotatable bonds is 8. The van der Waals surface area contributed by atoms with Gasteiger partial charge < -0.3 is 10.6 Å². The predicted octanol–water partition coefficient (Wildman–Crippen LogP) is 2.71. The van der Waals surface area contributed by atoms with E-state index in [1.165, 1.54) is 11.1 Å². The highest BCUT2D eigenvalue weighted by Gasteiger charge is 2.29. The molecule has 1 fully saturated rings. The number of aryl methyl sites for hydroxylation is 1. The van der Waals surface area contributed by atoms with E-state index in [9.17, 15) is 14.4 Å². The van der Waals surface area contributed by atoms with Gasteiger partial charge in [-0.25, -0.2) is 4.79 Å². The fraction of sp³-hybridized carbons (Fsp3) is 0.286. The van der Waals surface area contributed by atoms with Crippen LogP contribution in [0, 0.1) is 6.92 Å². The van der Waals surface area contributed by atoms with Crippen molar-refractivity contribution in [1.29, 1.82) is 0 Å². The lowest BCUT2D eigenvalue weighted by Crippen LogP contribution is -2.32. The summed E-state index contributed by atoms with van der Waals surface area (Å²) in [6.07, 6.45) is 0. The summed E-state index contributed by atoms with van der Waals surface area (Å²) in [6, 6.07) is 15.0. The molecule has 2 N–H and O–H groups in total. The maximum atomic E-state index is 12.5. The second kappa shape index (κ2) is 9.41. The van der Waals surface area contributed by atoms with Gasteiger partial charge in [0.2, 0.25) is 5.91 Å². The third kappa shape index (κ3) is 5.13. The summed E-state index contributed by atoms with van der Waals surface area (Å²) < 4.78 is 0. The SMILES string of the molecule is Cc1ccc(CSCCNC(=O)c2ccccc2CN2C(=O)CNC2=O)cc1. The van der Waals surface area contributed by atoms with Crippen LogP contribution in [0.1, 0.15) is 27.0 Å². The Labute approximate surface area is 168 Å². The first kappa shape index (κ1) is 19.9. The number of nitrogens with zero attached hydrogens (tertiary/aromatic N) is 1. The Morgan fingerprint density at radius 3 is 2.61 bits per heavy atom. The molecule has 3 rings (SSSR count). The van der Waals surface area contributed by atoms with Crippen LogP contribution in [-0.2, 0) is 17.1 Å². The van der Waals surface area contributed by atoms with Crippen molar-refractivity contribution in [2.75, 3.05) is 18.8 Å². The molecule has 1 saturated heterocycles. The highest BCUT2D eigenvalue weighted by Crippen LogP contribution is 2.15. The van der Waals surface area contributed by atoms with Gasteiger partial charge in [0, 0.05) is 23.6 Å². The molecule has 1 heterocycles. The number of thioether (sulfide) groups is 1. The summed E-state index contributed by atoms with van der Waals surface area (Å²) >= 11 is 1.76. The number of hydrogen-bond donors (Lipinski definition) is 2. The Balaban J connectivity index is 1.49. The van der Waals surface area contributed by atoms with Crippen LogP contribution in [0.5, 0.6) is 0 Å². The van der Waals surface area contributed by atoms with E-state index in [0.717, 1.165) is 16.4 Å². The molecular formula is C21H23N3O3S. The molecule has 0 atom stereocenters. The molecule has 0 aliphatic carbocycles. The van der Waals surface area contributed by atoms with Gasteiger partial charge in [-0.3, -0.25) is 14.5 Å². The standard InChI is InChI=1S/C21H23N3O3S/c1-15-6-8-16(9-7-15)14-28-11-10-22-20(26)18-5-3-2-4-17(18)13-24-19(25)12-23-21(24)27/h2-9H,10-14H2,1H3,(H,22,26)(H,23,27). The topological polar surface area (TPSA) is 78.5 Å².